The summed E-state index contributed by atoms with van der Waals surface area (Å²) >= 11 is 0. The molecule has 0 aliphatic carbocycles. The molecule has 0 radical (unpaired) electrons. The summed E-state index contributed by atoms with van der Waals surface area (Å²) in [5.41, 5.74) is 3.28. The zero-order valence-electron chi connectivity index (χ0n) is 15.1. The largest absolute Gasteiger partial charge is 0.341 e. The van der Waals surface area contributed by atoms with Gasteiger partial charge in [0, 0.05) is 24.7 Å². The van der Waals surface area contributed by atoms with Gasteiger partial charge in [-0.25, -0.2) is 4.98 Å². The number of hydrogen-bond acceptors (Lipinski definition) is 5. The van der Waals surface area contributed by atoms with E-state index in [-0.39, 0.29) is 0 Å². The van der Waals surface area contributed by atoms with Gasteiger partial charge in [-0.1, -0.05) is 42.5 Å². The summed E-state index contributed by atoms with van der Waals surface area (Å²) in [6.45, 7) is 1.96. The van der Waals surface area contributed by atoms with E-state index in [1.54, 1.807) is 6.07 Å². The van der Waals surface area contributed by atoms with Crippen molar-refractivity contribution in [1.82, 2.24) is 9.97 Å². The smallest absolute Gasteiger partial charge is 0.227 e. The fraction of sp³-hybridized carbons (Fsp3) is 0.227. The zero-order chi connectivity index (χ0) is 18.5. The fourth-order valence-corrected chi connectivity index (χ4v) is 3.32. The minimum absolute atomic E-state index is 0.594. The van der Waals surface area contributed by atoms with Gasteiger partial charge in [-0.3, -0.25) is 0 Å². The lowest BCUT2D eigenvalue weighted by molar-refractivity contribution is 0.568. The molecule has 0 atom stereocenters. The third kappa shape index (κ3) is 3.90. The first-order valence-corrected chi connectivity index (χ1v) is 9.29. The number of nitrogens with zero attached hydrogens (tertiary/aromatic N) is 4. The van der Waals surface area contributed by atoms with Gasteiger partial charge in [-0.05, 0) is 31.4 Å². The molecule has 1 saturated heterocycles. The van der Waals surface area contributed by atoms with Crippen molar-refractivity contribution in [3.63, 3.8) is 0 Å². The molecule has 0 bridgehead atoms. The lowest BCUT2D eigenvalue weighted by Gasteiger charge is -2.27. The van der Waals surface area contributed by atoms with Crippen LogP contribution in [0.1, 0.15) is 24.8 Å². The molecule has 0 saturated carbocycles. The molecule has 0 spiro atoms. The molecule has 5 heteroatoms. The summed E-state index contributed by atoms with van der Waals surface area (Å²) in [6.07, 6.45) is 3.59. The number of hydrogen-bond donors (Lipinski definition) is 1. The highest BCUT2D eigenvalue weighted by Gasteiger charge is 2.16. The Kier molecular flexibility index (Phi) is 4.97. The van der Waals surface area contributed by atoms with Gasteiger partial charge in [0.25, 0.3) is 0 Å². The molecule has 1 aliphatic heterocycles. The van der Waals surface area contributed by atoms with Crippen molar-refractivity contribution in [1.29, 1.82) is 5.26 Å². The van der Waals surface area contributed by atoms with Gasteiger partial charge in [0.05, 0.1) is 16.9 Å². The molecule has 1 fully saturated rings. The molecule has 4 rings (SSSR count). The highest BCUT2D eigenvalue weighted by atomic mass is 15.3. The van der Waals surface area contributed by atoms with Gasteiger partial charge >= 0.3 is 0 Å². The lowest BCUT2D eigenvalue weighted by Crippen LogP contribution is -2.31. The van der Waals surface area contributed by atoms with Gasteiger partial charge in [-0.15, -0.1) is 0 Å². The van der Waals surface area contributed by atoms with E-state index < -0.39 is 0 Å². The second-order valence-electron chi connectivity index (χ2n) is 6.63. The first-order valence-electron chi connectivity index (χ1n) is 9.29. The molecule has 5 nitrogen and oxygen atoms in total. The van der Waals surface area contributed by atoms with Crippen LogP contribution in [0.25, 0.3) is 11.3 Å². The third-order valence-corrected chi connectivity index (χ3v) is 4.73. The van der Waals surface area contributed by atoms with Crippen molar-refractivity contribution in [3.05, 3.63) is 66.2 Å². The minimum atomic E-state index is 0.594. The van der Waals surface area contributed by atoms with Gasteiger partial charge < -0.3 is 10.2 Å². The van der Waals surface area contributed by atoms with Crippen molar-refractivity contribution in [3.8, 4) is 17.3 Å². The maximum Gasteiger partial charge on any atom is 0.227 e. The highest BCUT2D eigenvalue weighted by Crippen LogP contribution is 2.27. The number of nitrogens with one attached hydrogen (secondary N) is 1. The molecule has 27 heavy (non-hydrogen) atoms. The second kappa shape index (κ2) is 7.88. The van der Waals surface area contributed by atoms with Crippen LogP contribution in [-0.2, 0) is 0 Å². The van der Waals surface area contributed by atoms with E-state index >= 15 is 0 Å². The molecule has 134 valence electrons. The summed E-state index contributed by atoms with van der Waals surface area (Å²) in [7, 11) is 0. The van der Waals surface area contributed by atoms with Crippen molar-refractivity contribution in [2.75, 3.05) is 23.3 Å². The summed E-state index contributed by atoms with van der Waals surface area (Å²) in [6, 6.07) is 21.7. The van der Waals surface area contributed by atoms with E-state index in [1.807, 2.05) is 42.5 Å². The van der Waals surface area contributed by atoms with Crippen molar-refractivity contribution in [2.45, 2.75) is 19.3 Å². The number of para-hydroxylation sites is 1. The normalized spacial score (nSPS) is 13.8. The van der Waals surface area contributed by atoms with Crippen LogP contribution in [-0.4, -0.2) is 23.1 Å². The Bertz CT molecular complexity index is 956. The van der Waals surface area contributed by atoms with Gasteiger partial charge in [0.15, 0.2) is 0 Å². The Hall–Kier alpha value is -3.39. The Balaban J connectivity index is 1.74. The molecule has 2 aromatic carbocycles. The first kappa shape index (κ1) is 17.0. The summed E-state index contributed by atoms with van der Waals surface area (Å²) in [5, 5.41) is 12.7. The van der Waals surface area contributed by atoms with Crippen molar-refractivity contribution in [2.24, 2.45) is 0 Å². The third-order valence-electron chi connectivity index (χ3n) is 4.73. The molecule has 1 aliphatic rings. The minimum Gasteiger partial charge on any atom is -0.341 e. The van der Waals surface area contributed by atoms with E-state index in [4.69, 9.17) is 9.97 Å². The van der Waals surface area contributed by atoms with Crippen LogP contribution < -0.4 is 10.2 Å². The maximum atomic E-state index is 9.36. The lowest BCUT2D eigenvalue weighted by atomic mass is 10.1. The number of anilines is 3. The standard InChI is InChI=1S/C22H21N5/c23-16-18-11-5-6-12-19(18)24-21-15-20(17-9-3-1-4-10-17)25-22(26-21)27-13-7-2-8-14-27/h1,3-6,9-12,15H,2,7-8,13-14H2,(H,24,25,26). The van der Waals surface area contributed by atoms with Crippen LogP contribution in [0.3, 0.4) is 0 Å². The van der Waals surface area contributed by atoms with E-state index in [9.17, 15) is 5.26 Å². The number of aromatic nitrogens is 2. The van der Waals surface area contributed by atoms with Gasteiger partial charge in [0.2, 0.25) is 5.95 Å². The SMILES string of the molecule is N#Cc1ccccc1Nc1cc(-c2ccccc2)nc(N2CCCCC2)n1. The quantitative estimate of drug-likeness (QED) is 0.732. The number of benzene rings is 2. The first-order chi connectivity index (χ1) is 13.3. The summed E-state index contributed by atoms with van der Waals surface area (Å²) < 4.78 is 0. The van der Waals surface area contributed by atoms with Gasteiger partial charge in [-0.2, -0.15) is 10.2 Å². The monoisotopic (exact) mass is 355 g/mol. The highest BCUT2D eigenvalue weighted by molar-refractivity contribution is 5.70. The molecule has 2 heterocycles. The Morgan fingerprint density at radius 3 is 2.41 bits per heavy atom. The average Bonchev–Trinajstić information content (AvgIpc) is 2.75. The van der Waals surface area contributed by atoms with Crippen LogP contribution in [0.5, 0.6) is 0 Å². The number of rotatable bonds is 4. The molecule has 0 amide bonds. The van der Waals surface area contributed by atoms with E-state index in [0.717, 1.165) is 36.0 Å². The summed E-state index contributed by atoms with van der Waals surface area (Å²) in [4.78, 5) is 11.8. The predicted octanol–water partition coefficient (Wildman–Crippen LogP) is 4.75. The van der Waals surface area contributed by atoms with Crippen LogP contribution in [0.15, 0.2) is 60.7 Å². The topological polar surface area (TPSA) is 64.8 Å². The molecule has 3 aromatic rings. The Morgan fingerprint density at radius 2 is 1.63 bits per heavy atom. The molecule has 1 N–H and O–H groups in total. The molecule has 0 unspecified atom stereocenters. The van der Waals surface area contributed by atoms with E-state index in [0.29, 0.717) is 11.4 Å². The Labute approximate surface area is 159 Å². The maximum absolute atomic E-state index is 9.36. The van der Waals surface area contributed by atoms with Crippen LogP contribution >= 0.6 is 0 Å². The van der Waals surface area contributed by atoms with E-state index in [2.05, 4.69) is 28.4 Å². The van der Waals surface area contributed by atoms with Gasteiger partial charge in [0.1, 0.15) is 11.9 Å². The molecule has 1 aromatic heterocycles. The molecular weight excluding hydrogens is 334 g/mol. The zero-order valence-corrected chi connectivity index (χ0v) is 15.1. The van der Waals surface area contributed by atoms with Crippen LogP contribution in [0, 0.1) is 11.3 Å². The predicted molar refractivity (Wildman–Crippen MR) is 108 cm³/mol. The van der Waals surface area contributed by atoms with Crippen LogP contribution in [0.4, 0.5) is 17.5 Å². The average molecular weight is 355 g/mol. The van der Waals surface area contributed by atoms with Crippen molar-refractivity contribution < 1.29 is 0 Å². The number of nitriles is 1. The van der Waals surface area contributed by atoms with E-state index in [1.165, 1.54) is 19.3 Å². The second-order valence-corrected chi connectivity index (χ2v) is 6.63. The van der Waals surface area contributed by atoms with Crippen LogP contribution in [0.2, 0.25) is 0 Å². The molecular formula is C22H21N5. The fourth-order valence-electron chi connectivity index (χ4n) is 3.32. The van der Waals surface area contributed by atoms with Crippen molar-refractivity contribution >= 4 is 17.5 Å². The number of piperidine rings is 1. The Morgan fingerprint density at radius 1 is 0.889 bits per heavy atom. The summed E-state index contributed by atoms with van der Waals surface area (Å²) in [5.74, 6) is 1.44.